The van der Waals surface area contributed by atoms with Gasteiger partial charge in [0.1, 0.15) is 0 Å². The number of hydrogen-bond donors (Lipinski definition) is 4. The summed E-state index contributed by atoms with van der Waals surface area (Å²) in [7, 11) is 0. The Morgan fingerprint density at radius 1 is 1.08 bits per heavy atom. The van der Waals surface area contributed by atoms with Gasteiger partial charge in [-0.3, -0.25) is 14.8 Å². The molecule has 7 nitrogen and oxygen atoms in total. The number of hydroxylamine groups is 1. The topological polar surface area (TPSA) is 103 Å². The molecular formula is C16H22N4O3S. The maximum atomic E-state index is 11.8. The molecule has 0 saturated heterocycles. The molecule has 130 valence electrons. The molecule has 1 heterocycles. The Morgan fingerprint density at radius 2 is 1.88 bits per heavy atom. The molecule has 0 spiro atoms. The van der Waals surface area contributed by atoms with E-state index in [0.717, 1.165) is 41.0 Å². The smallest absolute Gasteiger partial charge is 0.243 e. The van der Waals surface area contributed by atoms with Crippen LogP contribution in [0.3, 0.4) is 0 Å². The zero-order valence-electron chi connectivity index (χ0n) is 13.4. The summed E-state index contributed by atoms with van der Waals surface area (Å²) >= 11 is 1.53. The maximum absolute atomic E-state index is 11.8. The molecule has 1 aromatic heterocycles. The first-order valence-electron chi connectivity index (χ1n) is 7.98. The number of nitrogens with zero attached hydrogens (tertiary/aromatic N) is 1. The Hall–Kier alpha value is -2.19. The Balaban J connectivity index is 1.54. The van der Waals surface area contributed by atoms with E-state index in [0.29, 0.717) is 13.0 Å². The number of carbonyl (C=O) groups excluding carboxylic acids is 2. The average Bonchev–Trinajstić information content (AvgIpc) is 3.01. The summed E-state index contributed by atoms with van der Waals surface area (Å²) in [6, 6.07) is 7.85. The van der Waals surface area contributed by atoms with Gasteiger partial charge in [0, 0.05) is 13.0 Å². The number of unbranched alkanes of at least 4 members (excludes halogenated alkanes) is 3. The van der Waals surface area contributed by atoms with Crippen molar-refractivity contribution in [1.29, 1.82) is 0 Å². The first-order valence-corrected chi connectivity index (χ1v) is 8.80. The molecule has 0 unspecified atom stereocenters. The minimum absolute atomic E-state index is 0.0612. The highest BCUT2D eigenvalue weighted by atomic mass is 32.1. The second kappa shape index (κ2) is 9.84. The average molecular weight is 350 g/mol. The molecule has 2 aromatic rings. The molecule has 8 heteroatoms. The summed E-state index contributed by atoms with van der Waals surface area (Å²) in [6.45, 7) is 0.822. The van der Waals surface area contributed by atoms with E-state index in [1.54, 1.807) is 5.48 Å². The van der Waals surface area contributed by atoms with Crippen LogP contribution in [0.2, 0.25) is 0 Å². The standard InChI is InChI=1S/C16H22N4O3S/c21-14(20-23)9-3-1-2-6-10-17-15(22)11-18-16-19-12-7-4-5-8-13(12)24-16/h4-5,7-8,23H,1-3,6,9-11H2,(H,17,22)(H,18,19)(H,20,21). The van der Waals surface area contributed by atoms with Gasteiger partial charge in [-0.15, -0.1) is 0 Å². The lowest BCUT2D eigenvalue weighted by atomic mass is 10.1. The molecule has 24 heavy (non-hydrogen) atoms. The van der Waals surface area contributed by atoms with Crippen LogP contribution < -0.4 is 16.1 Å². The van der Waals surface area contributed by atoms with Gasteiger partial charge in [0.05, 0.1) is 16.8 Å². The van der Waals surface area contributed by atoms with Crippen molar-refractivity contribution in [2.45, 2.75) is 32.1 Å². The Kier molecular flexibility index (Phi) is 7.44. The van der Waals surface area contributed by atoms with E-state index in [9.17, 15) is 9.59 Å². The zero-order chi connectivity index (χ0) is 17.2. The highest BCUT2D eigenvalue weighted by molar-refractivity contribution is 7.22. The van der Waals surface area contributed by atoms with Crippen molar-refractivity contribution in [2.75, 3.05) is 18.4 Å². The molecule has 0 atom stereocenters. The van der Waals surface area contributed by atoms with Gasteiger partial charge in [-0.1, -0.05) is 36.3 Å². The molecule has 0 radical (unpaired) electrons. The summed E-state index contributed by atoms with van der Waals surface area (Å²) in [5.74, 6) is -0.418. The van der Waals surface area contributed by atoms with E-state index in [1.807, 2.05) is 24.3 Å². The molecule has 2 amide bonds. The largest absolute Gasteiger partial charge is 0.355 e. The summed E-state index contributed by atoms with van der Waals surface area (Å²) in [6.07, 6.45) is 3.76. The van der Waals surface area contributed by atoms with Gasteiger partial charge in [0.2, 0.25) is 11.8 Å². The number of fused-ring (bicyclic) bond motifs is 1. The highest BCUT2D eigenvalue weighted by Gasteiger charge is 2.05. The fourth-order valence-corrected chi connectivity index (χ4v) is 3.08. The van der Waals surface area contributed by atoms with Gasteiger partial charge in [-0.2, -0.15) is 0 Å². The number of rotatable bonds is 10. The minimum atomic E-state index is -0.357. The van der Waals surface area contributed by atoms with Crippen LogP contribution in [0.4, 0.5) is 5.13 Å². The number of nitrogens with one attached hydrogen (secondary N) is 3. The van der Waals surface area contributed by atoms with Gasteiger partial charge in [-0.25, -0.2) is 10.5 Å². The molecule has 0 aliphatic rings. The number of aromatic nitrogens is 1. The normalized spacial score (nSPS) is 10.5. The van der Waals surface area contributed by atoms with Gasteiger partial charge < -0.3 is 10.6 Å². The lowest BCUT2D eigenvalue weighted by molar-refractivity contribution is -0.129. The van der Waals surface area contributed by atoms with Crippen molar-refractivity contribution in [1.82, 2.24) is 15.8 Å². The van der Waals surface area contributed by atoms with Crippen LogP contribution in [0.15, 0.2) is 24.3 Å². The number of anilines is 1. The van der Waals surface area contributed by atoms with Gasteiger partial charge in [0.15, 0.2) is 5.13 Å². The fourth-order valence-electron chi connectivity index (χ4n) is 2.21. The van der Waals surface area contributed by atoms with E-state index >= 15 is 0 Å². The molecule has 1 aromatic carbocycles. The summed E-state index contributed by atoms with van der Waals surface area (Å²) in [4.78, 5) is 27.0. The lowest BCUT2D eigenvalue weighted by Crippen LogP contribution is -2.30. The van der Waals surface area contributed by atoms with Crippen LogP contribution in [0.25, 0.3) is 10.2 Å². The van der Waals surface area contributed by atoms with Gasteiger partial charge in [-0.05, 0) is 25.0 Å². The Bertz CT molecular complexity index is 641. The maximum Gasteiger partial charge on any atom is 0.243 e. The zero-order valence-corrected chi connectivity index (χ0v) is 14.2. The lowest BCUT2D eigenvalue weighted by Gasteiger charge is -2.05. The van der Waals surface area contributed by atoms with Gasteiger partial charge in [0.25, 0.3) is 0 Å². The second-order valence-corrected chi connectivity index (χ2v) is 6.42. The van der Waals surface area contributed by atoms with E-state index in [-0.39, 0.29) is 18.4 Å². The molecule has 0 bridgehead atoms. The summed E-state index contributed by atoms with van der Waals surface area (Å²) in [5, 5.41) is 15.0. The van der Waals surface area contributed by atoms with Crippen molar-refractivity contribution in [3.8, 4) is 0 Å². The molecular weight excluding hydrogens is 328 g/mol. The first-order chi connectivity index (χ1) is 11.7. The Labute approximate surface area is 144 Å². The number of thiazole rings is 1. The molecule has 0 aliphatic heterocycles. The number of para-hydroxylation sites is 1. The SMILES string of the molecule is O=C(CCCCCCNC(=O)CNc1nc2ccccc2s1)NO. The van der Waals surface area contributed by atoms with E-state index in [2.05, 4.69) is 15.6 Å². The van der Waals surface area contributed by atoms with Crippen LogP contribution in [-0.4, -0.2) is 35.1 Å². The third kappa shape index (κ3) is 6.13. The predicted molar refractivity (Wildman–Crippen MR) is 94.1 cm³/mol. The monoisotopic (exact) mass is 350 g/mol. The minimum Gasteiger partial charge on any atom is -0.355 e. The predicted octanol–water partition coefficient (Wildman–Crippen LogP) is 2.28. The van der Waals surface area contributed by atoms with E-state index < -0.39 is 0 Å². The Morgan fingerprint density at radius 3 is 2.67 bits per heavy atom. The fraction of sp³-hybridized carbons (Fsp3) is 0.438. The van der Waals surface area contributed by atoms with Gasteiger partial charge >= 0.3 is 0 Å². The third-order valence-electron chi connectivity index (χ3n) is 3.47. The quantitative estimate of drug-likeness (QED) is 0.299. The molecule has 0 fully saturated rings. The van der Waals surface area contributed by atoms with Crippen molar-refractivity contribution in [3.63, 3.8) is 0 Å². The molecule has 4 N–H and O–H groups in total. The third-order valence-corrected chi connectivity index (χ3v) is 4.47. The number of benzene rings is 1. The number of amides is 2. The second-order valence-electron chi connectivity index (χ2n) is 5.39. The number of hydrogen-bond acceptors (Lipinski definition) is 6. The molecule has 0 aliphatic carbocycles. The summed E-state index contributed by atoms with van der Waals surface area (Å²) < 4.78 is 1.09. The first kappa shape index (κ1) is 18.2. The van der Waals surface area contributed by atoms with E-state index in [1.165, 1.54) is 11.3 Å². The van der Waals surface area contributed by atoms with Crippen LogP contribution in [0.1, 0.15) is 32.1 Å². The van der Waals surface area contributed by atoms with Crippen LogP contribution >= 0.6 is 11.3 Å². The van der Waals surface area contributed by atoms with Crippen LogP contribution in [0, 0.1) is 0 Å². The molecule has 2 rings (SSSR count). The highest BCUT2D eigenvalue weighted by Crippen LogP contribution is 2.24. The van der Waals surface area contributed by atoms with Crippen molar-refractivity contribution >= 4 is 38.5 Å². The van der Waals surface area contributed by atoms with E-state index in [4.69, 9.17) is 5.21 Å². The number of carbonyl (C=O) groups is 2. The van der Waals surface area contributed by atoms with Crippen molar-refractivity contribution in [3.05, 3.63) is 24.3 Å². The van der Waals surface area contributed by atoms with Crippen LogP contribution in [-0.2, 0) is 9.59 Å². The summed E-state index contributed by atoms with van der Waals surface area (Å²) in [5.41, 5.74) is 2.54. The van der Waals surface area contributed by atoms with Crippen LogP contribution in [0.5, 0.6) is 0 Å². The van der Waals surface area contributed by atoms with Crippen molar-refractivity contribution < 1.29 is 14.8 Å². The molecule has 0 saturated carbocycles. The van der Waals surface area contributed by atoms with Crippen molar-refractivity contribution in [2.24, 2.45) is 0 Å².